The molecule has 0 fully saturated rings. The maximum absolute atomic E-state index is 14.8. The van der Waals surface area contributed by atoms with Gasteiger partial charge in [0.05, 0.1) is 23.6 Å². The van der Waals surface area contributed by atoms with Crippen molar-refractivity contribution < 1.29 is 28.0 Å². The zero-order valence-corrected chi connectivity index (χ0v) is 24.0. The van der Waals surface area contributed by atoms with Crippen LogP contribution in [-0.2, 0) is 17.8 Å². The number of halogens is 2. The SMILES string of the molecule is CCOC(=O)N(Cc1c(F)cccc1F)c1sc(-c2ccc([N+](=O)[O-])cc2)c(CN(C)C)c1C(=O)Nc1ccc(=O)[nH]n1. The van der Waals surface area contributed by atoms with Crippen LogP contribution in [0.15, 0.2) is 59.4 Å². The fourth-order valence-electron chi connectivity index (χ4n) is 4.17. The number of carbonyl (C=O) groups excluding carboxylic acids is 2. The van der Waals surface area contributed by atoms with Gasteiger partial charge in [0.15, 0.2) is 5.82 Å². The quantitative estimate of drug-likeness (QED) is 0.184. The maximum Gasteiger partial charge on any atom is 0.415 e. The monoisotopic (exact) mass is 612 g/mol. The highest BCUT2D eigenvalue weighted by Crippen LogP contribution is 2.44. The number of carbonyl (C=O) groups is 2. The Morgan fingerprint density at radius 2 is 1.72 bits per heavy atom. The van der Waals surface area contributed by atoms with Crippen molar-refractivity contribution in [2.45, 2.75) is 20.0 Å². The summed E-state index contributed by atoms with van der Waals surface area (Å²) in [4.78, 5) is 52.7. The number of nitro benzene ring substituents is 1. The number of non-ortho nitro benzene ring substituents is 1. The van der Waals surface area contributed by atoms with Crippen molar-refractivity contribution in [3.63, 3.8) is 0 Å². The number of nitro groups is 1. The first-order valence-electron chi connectivity index (χ1n) is 12.8. The van der Waals surface area contributed by atoms with E-state index in [4.69, 9.17) is 4.74 Å². The molecule has 0 saturated carbocycles. The summed E-state index contributed by atoms with van der Waals surface area (Å²) in [6.07, 6.45) is -0.964. The van der Waals surface area contributed by atoms with Crippen LogP contribution >= 0.6 is 11.3 Å². The Labute approximate surface area is 247 Å². The van der Waals surface area contributed by atoms with Crippen molar-refractivity contribution in [1.82, 2.24) is 15.1 Å². The van der Waals surface area contributed by atoms with Crippen LogP contribution in [0, 0.1) is 21.7 Å². The predicted octanol–water partition coefficient (Wildman–Crippen LogP) is 5.16. The number of hydrogen-bond donors (Lipinski definition) is 2. The van der Waals surface area contributed by atoms with E-state index in [0.717, 1.165) is 34.4 Å². The van der Waals surface area contributed by atoms with Gasteiger partial charge in [-0.15, -0.1) is 11.3 Å². The minimum atomic E-state index is -0.964. The summed E-state index contributed by atoms with van der Waals surface area (Å²) in [6.45, 7) is 1.04. The van der Waals surface area contributed by atoms with Gasteiger partial charge in [0.1, 0.15) is 16.6 Å². The van der Waals surface area contributed by atoms with Crippen LogP contribution in [0.3, 0.4) is 0 Å². The van der Waals surface area contributed by atoms with E-state index < -0.39 is 46.2 Å². The minimum absolute atomic E-state index is 0.00253. The van der Waals surface area contributed by atoms with Crippen molar-refractivity contribution in [1.29, 1.82) is 0 Å². The van der Waals surface area contributed by atoms with Crippen molar-refractivity contribution in [2.24, 2.45) is 0 Å². The van der Waals surface area contributed by atoms with Gasteiger partial charge in [-0.05, 0) is 62.5 Å². The van der Waals surface area contributed by atoms with Crippen LogP contribution < -0.4 is 15.8 Å². The molecule has 0 aliphatic carbocycles. The molecule has 2 aromatic carbocycles. The lowest BCUT2D eigenvalue weighted by Crippen LogP contribution is -2.33. The number of hydrogen-bond acceptors (Lipinski definition) is 9. The van der Waals surface area contributed by atoms with E-state index in [-0.39, 0.29) is 35.2 Å². The molecule has 43 heavy (non-hydrogen) atoms. The Morgan fingerprint density at radius 1 is 1.05 bits per heavy atom. The van der Waals surface area contributed by atoms with Gasteiger partial charge >= 0.3 is 6.09 Å². The molecule has 0 atom stereocenters. The second-order valence-electron chi connectivity index (χ2n) is 9.38. The topological polar surface area (TPSA) is 151 Å². The van der Waals surface area contributed by atoms with Gasteiger partial charge in [0.25, 0.3) is 17.2 Å². The molecule has 4 aromatic rings. The predicted molar refractivity (Wildman–Crippen MR) is 156 cm³/mol. The molecule has 2 amide bonds. The zero-order valence-electron chi connectivity index (χ0n) is 23.2. The van der Waals surface area contributed by atoms with Crippen molar-refractivity contribution in [3.05, 3.63) is 103 Å². The highest BCUT2D eigenvalue weighted by Gasteiger charge is 2.33. The van der Waals surface area contributed by atoms with E-state index in [0.29, 0.717) is 16.0 Å². The molecule has 0 spiro atoms. The summed E-state index contributed by atoms with van der Waals surface area (Å²) >= 11 is 0.975. The molecule has 0 unspecified atom stereocenters. The molecule has 0 aliphatic rings. The van der Waals surface area contributed by atoms with E-state index in [1.54, 1.807) is 25.9 Å². The fourth-order valence-corrected chi connectivity index (χ4v) is 5.47. The average molecular weight is 613 g/mol. The van der Waals surface area contributed by atoms with Crippen molar-refractivity contribution in [2.75, 3.05) is 30.9 Å². The number of nitrogens with zero attached hydrogens (tertiary/aromatic N) is 4. The molecular formula is C28H26F2N6O6S. The molecule has 15 heteroatoms. The van der Waals surface area contributed by atoms with Gasteiger partial charge in [0, 0.05) is 35.2 Å². The highest BCUT2D eigenvalue weighted by atomic mass is 32.1. The largest absolute Gasteiger partial charge is 0.449 e. The summed E-state index contributed by atoms with van der Waals surface area (Å²) in [5.41, 5.74) is -0.184. The summed E-state index contributed by atoms with van der Waals surface area (Å²) in [5, 5.41) is 19.9. The number of aromatic amines is 1. The second kappa shape index (κ2) is 13.3. The molecule has 0 bridgehead atoms. The molecule has 12 nitrogen and oxygen atoms in total. The number of thiophene rings is 1. The lowest BCUT2D eigenvalue weighted by molar-refractivity contribution is -0.384. The molecule has 2 aromatic heterocycles. The first-order valence-corrected chi connectivity index (χ1v) is 13.6. The van der Waals surface area contributed by atoms with E-state index in [9.17, 15) is 33.3 Å². The Bertz CT molecular complexity index is 1680. The van der Waals surface area contributed by atoms with E-state index in [2.05, 4.69) is 15.5 Å². The Hall–Kier alpha value is -5.02. The second-order valence-corrected chi connectivity index (χ2v) is 10.4. The summed E-state index contributed by atoms with van der Waals surface area (Å²) < 4.78 is 34.8. The number of H-pyrrole nitrogens is 1. The molecule has 2 heterocycles. The average Bonchev–Trinajstić information content (AvgIpc) is 3.32. The smallest absolute Gasteiger partial charge is 0.415 e. The lowest BCUT2D eigenvalue weighted by atomic mass is 10.0. The number of aromatic nitrogens is 2. The number of amides is 2. The molecule has 0 radical (unpaired) electrons. The summed E-state index contributed by atoms with van der Waals surface area (Å²) in [6, 6.07) is 11.3. The molecular weight excluding hydrogens is 586 g/mol. The van der Waals surface area contributed by atoms with Gasteiger partial charge in [-0.25, -0.2) is 18.7 Å². The van der Waals surface area contributed by atoms with E-state index in [1.165, 1.54) is 36.4 Å². The first-order chi connectivity index (χ1) is 20.5. The van der Waals surface area contributed by atoms with Crippen LogP contribution in [0.5, 0.6) is 0 Å². The van der Waals surface area contributed by atoms with Crippen LogP contribution in [-0.4, -0.2) is 52.7 Å². The molecule has 0 saturated heterocycles. The first kappa shape index (κ1) is 30.9. The Kier molecular flexibility index (Phi) is 9.57. The van der Waals surface area contributed by atoms with Gasteiger partial charge < -0.3 is 15.0 Å². The van der Waals surface area contributed by atoms with Crippen molar-refractivity contribution >= 4 is 39.8 Å². The van der Waals surface area contributed by atoms with Gasteiger partial charge in [-0.1, -0.05) is 6.07 Å². The van der Waals surface area contributed by atoms with Crippen LogP contribution in [0.4, 0.5) is 30.1 Å². The minimum Gasteiger partial charge on any atom is -0.449 e. The summed E-state index contributed by atoms with van der Waals surface area (Å²) in [7, 11) is 3.50. The third-order valence-electron chi connectivity index (χ3n) is 6.06. The van der Waals surface area contributed by atoms with E-state index >= 15 is 0 Å². The zero-order chi connectivity index (χ0) is 31.3. The lowest BCUT2D eigenvalue weighted by Gasteiger charge is -2.23. The highest BCUT2D eigenvalue weighted by molar-refractivity contribution is 7.20. The Balaban J connectivity index is 1.97. The number of ether oxygens (including phenoxy) is 1. The van der Waals surface area contributed by atoms with Crippen LogP contribution in [0.25, 0.3) is 10.4 Å². The van der Waals surface area contributed by atoms with Gasteiger partial charge in [-0.3, -0.25) is 24.6 Å². The molecule has 2 N–H and O–H groups in total. The molecule has 0 aliphatic heterocycles. The molecule has 4 rings (SSSR count). The van der Waals surface area contributed by atoms with Gasteiger partial charge in [0.2, 0.25) is 0 Å². The number of rotatable bonds is 10. The van der Waals surface area contributed by atoms with Gasteiger partial charge in [-0.2, -0.15) is 5.10 Å². The maximum atomic E-state index is 14.8. The normalized spacial score (nSPS) is 10.9. The van der Waals surface area contributed by atoms with E-state index in [1.807, 2.05) is 0 Å². The number of benzene rings is 2. The standard InChI is InChI=1S/C28H26F2N6O6S/c1-4-42-28(39)35(15-18-20(29)6-5-7-21(18)30)27-24(26(38)31-22-12-13-23(37)33-32-22)19(14-34(2)3)25(43-27)16-8-10-17(11-9-16)36(40)41/h5-13H,4,14-15H2,1-3H3,(H,33,37)(H,31,32,38). The fraction of sp³-hybridized carbons (Fsp3) is 0.214. The number of anilines is 2. The molecule has 224 valence electrons. The van der Waals surface area contributed by atoms with Crippen LogP contribution in [0.1, 0.15) is 28.4 Å². The third kappa shape index (κ3) is 7.07. The Morgan fingerprint density at radius 3 is 2.28 bits per heavy atom. The third-order valence-corrected chi connectivity index (χ3v) is 7.37. The summed E-state index contributed by atoms with van der Waals surface area (Å²) in [5.74, 6) is -2.55. The van der Waals surface area contributed by atoms with Crippen molar-refractivity contribution in [3.8, 4) is 10.4 Å². The number of nitrogens with one attached hydrogen (secondary N) is 2. The van der Waals surface area contributed by atoms with Crippen LogP contribution in [0.2, 0.25) is 0 Å².